The summed E-state index contributed by atoms with van der Waals surface area (Å²) < 4.78 is 16.7. The summed E-state index contributed by atoms with van der Waals surface area (Å²) >= 11 is 0. The SMILES string of the molecule is CC/C=C\C/C=C\C/C=C\C/C=C\C/C=C\C/C=C\CCC(=O)OC[C@H](COC(=O)CCCCCCCCCCCCCCC)OC(=O)CCCCCCC/C=C\CCCC. The van der Waals surface area contributed by atoms with E-state index < -0.39 is 6.10 Å². The summed E-state index contributed by atoms with van der Waals surface area (Å²) in [6.07, 6.45) is 62.9. The van der Waals surface area contributed by atoms with Crippen LogP contribution >= 0.6 is 0 Å². The van der Waals surface area contributed by atoms with E-state index in [9.17, 15) is 14.4 Å². The van der Waals surface area contributed by atoms with Crippen LogP contribution < -0.4 is 0 Å². The van der Waals surface area contributed by atoms with Crippen LogP contribution in [-0.4, -0.2) is 37.2 Å². The molecule has 0 fully saturated rings. The van der Waals surface area contributed by atoms with Crippen LogP contribution in [-0.2, 0) is 28.6 Å². The molecule has 0 aliphatic carbocycles. The summed E-state index contributed by atoms with van der Waals surface area (Å²) in [6.45, 7) is 6.40. The highest BCUT2D eigenvalue weighted by Gasteiger charge is 2.19. The fraction of sp³-hybridized carbons (Fsp3) is 0.691. The number of carbonyl (C=O) groups excluding carboxylic acids is 3. The monoisotopic (exact) mass is 849 g/mol. The van der Waals surface area contributed by atoms with Gasteiger partial charge in [-0.25, -0.2) is 0 Å². The number of ether oxygens (including phenoxy) is 3. The van der Waals surface area contributed by atoms with Crippen LogP contribution in [0.15, 0.2) is 85.1 Å². The van der Waals surface area contributed by atoms with E-state index in [2.05, 4.69) is 99.8 Å². The van der Waals surface area contributed by atoms with Gasteiger partial charge in [-0.05, 0) is 77.0 Å². The number of hydrogen-bond donors (Lipinski definition) is 0. The number of rotatable bonds is 44. The predicted octanol–water partition coefficient (Wildman–Crippen LogP) is 16.4. The zero-order valence-electron chi connectivity index (χ0n) is 39.7. The minimum absolute atomic E-state index is 0.102. The second-order valence-electron chi connectivity index (χ2n) is 16.3. The van der Waals surface area contributed by atoms with E-state index in [0.29, 0.717) is 19.3 Å². The molecule has 0 N–H and O–H groups in total. The van der Waals surface area contributed by atoms with Crippen LogP contribution in [0, 0.1) is 0 Å². The third-order valence-corrected chi connectivity index (χ3v) is 10.4. The Kier molecular flexibility index (Phi) is 46.5. The molecule has 0 rings (SSSR count). The second kappa shape index (κ2) is 49.2. The van der Waals surface area contributed by atoms with Crippen molar-refractivity contribution in [2.24, 2.45) is 0 Å². The zero-order chi connectivity index (χ0) is 44.4. The van der Waals surface area contributed by atoms with Gasteiger partial charge in [-0.2, -0.15) is 0 Å². The van der Waals surface area contributed by atoms with E-state index in [1.165, 1.54) is 89.9 Å². The zero-order valence-corrected chi connectivity index (χ0v) is 39.7. The molecule has 0 heterocycles. The Morgan fingerprint density at radius 3 is 1.15 bits per heavy atom. The van der Waals surface area contributed by atoms with Gasteiger partial charge in [-0.1, -0.05) is 215 Å². The van der Waals surface area contributed by atoms with Crippen molar-refractivity contribution in [2.45, 2.75) is 232 Å². The summed E-state index contributed by atoms with van der Waals surface area (Å²) in [6, 6.07) is 0. The summed E-state index contributed by atoms with van der Waals surface area (Å²) in [5.41, 5.74) is 0. The molecule has 6 heteroatoms. The van der Waals surface area contributed by atoms with Gasteiger partial charge in [-0.15, -0.1) is 0 Å². The van der Waals surface area contributed by atoms with E-state index in [1.807, 2.05) is 6.08 Å². The fourth-order valence-corrected chi connectivity index (χ4v) is 6.62. The minimum atomic E-state index is -0.808. The van der Waals surface area contributed by atoms with Crippen molar-refractivity contribution in [1.29, 1.82) is 0 Å². The van der Waals surface area contributed by atoms with Crippen LogP contribution in [0.4, 0.5) is 0 Å². The molecule has 0 aliphatic heterocycles. The molecule has 61 heavy (non-hydrogen) atoms. The number of unbranched alkanes of at least 4 members (excludes halogenated alkanes) is 19. The van der Waals surface area contributed by atoms with Gasteiger partial charge >= 0.3 is 17.9 Å². The molecule has 0 aromatic carbocycles. The van der Waals surface area contributed by atoms with E-state index in [4.69, 9.17) is 14.2 Å². The molecule has 0 saturated heterocycles. The highest BCUT2D eigenvalue weighted by molar-refractivity contribution is 5.71. The molecular weight excluding hydrogens is 757 g/mol. The summed E-state index contributed by atoms with van der Waals surface area (Å²) in [4.78, 5) is 37.8. The Morgan fingerprint density at radius 2 is 0.689 bits per heavy atom. The lowest BCUT2D eigenvalue weighted by Gasteiger charge is -2.18. The maximum atomic E-state index is 12.7. The molecule has 0 saturated carbocycles. The maximum Gasteiger partial charge on any atom is 0.306 e. The molecule has 0 aliphatic rings. The normalized spacial score (nSPS) is 12.8. The Balaban J connectivity index is 4.48. The Labute approximate surface area is 375 Å². The maximum absolute atomic E-state index is 12.7. The standard InChI is InChI=1S/C55H92O6/c1-4-7-10-13-16-19-22-24-25-26-27-28-29-31-34-36-39-42-45-48-54(57)60-51-52(61-55(58)49-46-43-40-37-32-21-18-15-12-9-6-3)50-59-53(56)47-44-41-38-35-33-30-23-20-17-14-11-8-5-2/h7,10,15-16,18-19,24-25,27-28,31,34,39,42,52H,4-6,8-9,11-14,17,20-23,26,29-30,32-33,35-38,40-41,43-51H2,1-3H3/b10-7-,18-15-,19-16-,25-24-,28-27-,34-31-,42-39-/t52-/m0/s1. The van der Waals surface area contributed by atoms with Gasteiger partial charge in [0.05, 0.1) is 0 Å². The molecule has 0 bridgehead atoms. The van der Waals surface area contributed by atoms with Gasteiger partial charge in [0.15, 0.2) is 6.10 Å². The van der Waals surface area contributed by atoms with Gasteiger partial charge in [0.2, 0.25) is 0 Å². The molecule has 348 valence electrons. The molecule has 0 aromatic heterocycles. The van der Waals surface area contributed by atoms with Crippen LogP contribution in [0.5, 0.6) is 0 Å². The third-order valence-electron chi connectivity index (χ3n) is 10.4. The Hall–Kier alpha value is -3.41. The van der Waals surface area contributed by atoms with Crippen molar-refractivity contribution in [3.8, 4) is 0 Å². The van der Waals surface area contributed by atoms with Gasteiger partial charge < -0.3 is 14.2 Å². The Morgan fingerprint density at radius 1 is 0.344 bits per heavy atom. The molecule has 0 spiro atoms. The van der Waals surface area contributed by atoms with Crippen molar-refractivity contribution < 1.29 is 28.6 Å². The number of hydrogen-bond acceptors (Lipinski definition) is 6. The van der Waals surface area contributed by atoms with Crippen molar-refractivity contribution >= 4 is 17.9 Å². The highest BCUT2D eigenvalue weighted by Crippen LogP contribution is 2.14. The molecule has 0 amide bonds. The third kappa shape index (κ3) is 47.5. The highest BCUT2D eigenvalue weighted by atomic mass is 16.6. The largest absolute Gasteiger partial charge is 0.462 e. The Bertz CT molecular complexity index is 1200. The van der Waals surface area contributed by atoms with E-state index in [1.54, 1.807) is 0 Å². The number of carbonyl (C=O) groups is 3. The number of esters is 3. The van der Waals surface area contributed by atoms with Gasteiger partial charge in [0, 0.05) is 19.3 Å². The molecular formula is C55H92O6. The first-order chi connectivity index (χ1) is 30.0. The van der Waals surface area contributed by atoms with Gasteiger partial charge in [-0.3, -0.25) is 14.4 Å². The average Bonchev–Trinajstić information content (AvgIpc) is 3.26. The molecule has 1 atom stereocenters. The van der Waals surface area contributed by atoms with Crippen LogP contribution in [0.25, 0.3) is 0 Å². The van der Waals surface area contributed by atoms with Crippen LogP contribution in [0.3, 0.4) is 0 Å². The second-order valence-corrected chi connectivity index (χ2v) is 16.3. The lowest BCUT2D eigenvalue weighted by molar-refractivity contribution is -0.166. The summed E-state index contributed by atoms with van der Waals surface area (Å²) in [7, 11) is 0. The molecule has 0 radical (unpaired) electrons. The van der Waals surface area contributed by atoms with Gasteiger partial charge in [0.1, 0.15) is 13.2 Å². The number of allylic oxidation sites excluding steroid dienone is 14. The molecule has 0 unspecified atom stereocenters. The molecule has 6 nitrogen and oxygen atoms in total. The first-order valence-electron chi connectivity index (χ1n) is 25.1. The smallest absolute Gasteiger partial charge is 0.306 e. The summed E-state index contributed by atoms with van der Waals surface area (Å²) in [5.74, 6) is -1.00. The predicted molar refractivity (Wildman–Crippen MR) is 261 cm³/mol. The van der Waals surface area contributed by atoms with Crippen molar-refractivity contribution in [2.75, 3.05) is 13.2 Å². The van der Waals surface area contributed by atoms with Crippen molar-refractivity contribution in [3.05, 3.63) is 85.1 Å². The van der Waals surface area contributed by atoms with Crippen molar-refractivity contribution in [1.82, 2.24) is 0 Å². The van der Waals surface area contributed by atoms with E-state index >= 15 is 0 Å². The lowest BCUT2D eigenvalue weighted by atomic mass is 10.0. The average molecular weight is 849 g/mol. The first kappa shape index (κ1) is 57.6. The fourth-order valence-electron chi connectivity index (χ4n) is 6.62. The van der Waals surface area contributed by atoms with E-state index in [-0.39, 0.29) is 37.5 Å². The molecule has 0 aromatic rings. The quantitative estimate of drug-likeness (QED) is 0.0263. The van der Waals surface area contributed by atoms with Gasteiger partial charge in [0.25, 0.3) is 0 Å². The first-order valence-corrected chi connectivity index (χ1v) is 25.1. The minimum Gasteiger partial charge on any atom is -0.462 e. The lowest BCUT2D eigenvalue weighted by Crippen LogP contribution is -2.30. The van der Waals surface area contributed by atoms with E-state index in [0.717, 1.165) is 89.9 Å². The topological polar surface area (TPSA) is 78.9 Å². The van der Waals surface area contributed by atoms with Crippen LogP contribution in [0.2, 0.25) is 0 Å². The van der Waals surface area contributed by atoms with Crippen LogP contribution in [0.1, 0.15) is 226 Å². The summed E-state index contributed by atoms with van der Waals surface area (Å²) in [5, 5.41) is 0. The van der Waals surface area contributed by atoms with Crippen molar-refractivity contribution in [3.63, 3.8) is 0 Å².